The highest BCUT2D eigenvalue weighted by Gasteiger charge is 2.36. The zero-order valence-electron chi connectivity index (χ0n) is 18.6. The molecule has 3 rings (SSSR count). The summed E-state index contributed by atoms with van der Waals surface area (Å²) in [6.45, 7) is 6.04. The molecule has 0 bridgehead atoms. The Morgan fingerprint density at radius 1 is 1.12 bits per heavy atom. The van der Waals surface area contributed by atoms with Gasteiger partial charge in [0.1, 0.15) is 6.54 Å². The zero-order valence-corrected chi connectivity index (χ0v) is 19.4. The third kappa shape index (κ3) is 5.50. The summed E-state index contributed by atoms with van der Waals surface area (Å²) in [6, 6.07) is 11.0. The van der Waals surface area contributed by atoms with E-state index >= 15 is 0 Å². The number of carbonyl (C=O) groups excluding carboxylic acids is 3. The molecule has 1 N–H and O–H groups in total. The molecule has 1 fully saturated rings. The standard InChI is InChI=1S/C24H26N2O5S/c1-5-10-31-19-9-8-17(12-20(19)30-4)13-21-23(28)26(24(29)32-21)14-22(27)25-18-11-15(2)6-7-16(18)3/h6-9,11-13H,5,10,14H2,1-4H3,(H,25,27)/b21-13-. The molecular weight excluding hydrogens is 428 g/mol. The lowest BCUT2D eigenvalue weighted by Crippen LogP contribution is -2.36. The van der Waals surface area contributed by atoms with Crippen LogP contribution in [0.15, 0.2) is 41.3 Å². The third-order valence-electron chi connectivity index (χ3n) is 4.79. The van der Waals surface area contributed by atoms with E-state index in [2.05, 4.69) is 5.32 Å². The highest BCUT2D eigenvalue weighted by atomic mass is 32.2. The van der Waals surface area contributed by atoms with E-state index in [0.29, 0.717) is 29.4 Å². The van der Waals surface area contributed by atoms with Crippen molar-refractivity contribution in [3.8, 4) is 11.5 Å². The number of thioether (sulfide) groups is 1. The number of benzene rings is 2. The number of amides is 3. The number of hydrogen-bond donors (Lipinski definition) is 1. The number of methoxy groups -OCH3 is 1. The SMILES string of the molecule is CCCOc1ccc(/C=C2\SC(=O)N(CC(=O)Nc3cc(C)ccc3C)C2=O)cc1OC. The first-order chi connectivity index (χ1) is 15.3. The predicted molar refractivity (Wildman–Crippen MR) is 126 cm³/mol. The van der Waals surface area contributed by atoms with Gasteiger partial charge in [-0.1, -0.05) is 25.1 Å². The van der Waals surface area contributed by atoms with Gasteiger partial charge in [-0.15, -0.1) is 0 Å². The van der Waals surface area contributed by atoms with Crippen molar-refractivity contribution < 1.29 is 23.9 Å². The lowest BCUT2D eigenvalue weighted by Gasteiger charge is -2.14. The van der Waals surface area contributed by atoms with E-state index in [1.54, 1.807) is 31.4 Å². The predicted octanol–water partition coefficient (Wildman–Crippen LogP) is 4.78. The monoisotopic (exact) mass is 454 g/mol. The molecule has 0 unspecified atom stereocenters. The fraction of sp³-hybridized carbons (Fsp3) is 0.292. The maximum absolute atomic E-state index is 12.8. The molecule has 0 saturated carbocycles. The Balaban J connectivity index is 1.72. The van der Waals surface area contributed by atoms with E-state index in [1.165, 1.54) is 0 Å². The van der Waals surface area contributed by atoms with Crippen LogP contribution in [0.2, 0.25) is 0 Å². The number of rotatable bonds is 8. The van der Waals surface area contributed by atoms with Crippen LogP contribution >= 0.6 is 11.8 Å². The number of carbonyl (C=O) groups is 3. The van der Waals surface area contributed by atoms with Gasteiger partial charge in [0.2, 0.25) is 5.91 Å². The minimum atomic E-state index is -0.499. The van der Waals surface area contributed by atoms with Gasteiger partial charge in [0.25, 0.3) is 11.1 Å². The molecule has 2 aromatic carbocycles. The fourth-order valence-corrected chi connectivity index (χ4v) is 3.94. The van der Waals surface area contributed by atoms with Crippen LogP contribution < -0.4 is 14.8 Å². The number of hydrogen-bond acceptors (Lipinski definition) is 6. The molecule has 1 heterocycles. The molecule has 0 radical (unpaired) electrons. The van der Waals surface area contributed by atoms with Gasteiger partial charge in [0.15, 0.2) is 11.5 Å². The van der Waals surface area contributed by atoms with Gasteiger partial charge in [-0.2, -0.15) is 0 Å². The zero-order chi connectivity index (χ0) is 23.3. The van der Waals surface area contributed by atoms with Crippen LogP contribution in [0.3, 0.4) is 0 Å². The van der Waals surface area contributed by atoms with Crippen LogP contribution in [0.4, 0.5) is 10.5 Å². The Morgan fingerprint density at radius 2 is 1.91 bits per heavy atom. The number of imide groups is 1. The molecule has 0 spiro atoms. The number of nitrogens with zero attached hydrogens (tertiary/aromatic N) is 1. The number of ether oxygens (including phenoxy) is 2. The first kappa shape index (κ1) is 23.4. The number of anilines is 1. The maximum atomic E-state index is 12.8. The van der Waals surface area contributed by atoms with Crippen LogP contribution in [0.25, 0.3) is 6.08 Å². The van der Waals surface area contributed by atoms with Crippen molar-refractivity contribution in [1.82, 2.24) is 4.90 Å². The molecule has 7 nitrogen and oxygen atoms in total. The minimum absolute atomic E-state index is 0.249. The quantitative estimate of drug-likeness (QED) is 0.578. The van der Waals surface area contributed by atoms with Crippen molar-refractivity contribution in [2.45, 2.75) is 27.2 Å². The van der Waals surface area contributed by atoms with E-state index in [0.717, 1.165) is 34.2 Å². The van der Waals surface area contributed by atoms with E-state index in [9.17, 15) is 14.4 Å². The average molecular weight is 455 g/mol. The van der Waals surface area contributed by atoms with Crippen molar-refractivity contribution in [1.29, 1.82) is 0 Å². The Kier molecular flexibility index (Phi) is 7.58. The largest absolute Gasteiger partial charge is 0.493 e. The topological polar surface area (TPSA) is 84.9 Å². The van der Waals surface area contributed by atoms with Crippen LogP contribution in [-0.4, -0.2) is 42.2 Å². The lowest BCUT2D eigenvalue weighted by molar-refractivity contribution is -0.127. The fourth-order valence-electron chi connectivity index (χ4n) is 3.10. The Labute approximate surface area is 191 Å². The van der Waals surface area contributed by atoms with Crippen LogP contribution in [0.5, 0.6) is 11.5 Å². The Morgan fingerprint density at radius 3 is 2.62 bits per heavy atom. The molecule has 8 heteroatoms. The van der Waals surface area contributed by atoms with E-state index < -0.39 is 17.1 Å². The van der Waals surface area contributed by atoms with Gasteiger partial charge in [-0.05, 0) is 73.0 Å². The summed E-state index contributed by atoms with van der Waals surface area (Å²) in [5.74, 6) is 0.227. The van der Waals surface area contributed by atoms with Crippen molar-refractivity contribution in [3.05, 3.63) is 58.0 Å². The lowest BCUT2D eigenvalue weighted by atomic mass is 10.1. The van der Waals surface area contributed by atoms with Crippen LogP contribution in [0, 0.1) is 13.8 Å². The van der Waals surface area contributed by atoms with Crippen molar-refractivity contribution in [2.24, 2.45) is 0 Å². The first-order valence-corrected chi connectivity index (χ1v) is 11.1. The van der Waals surface area contributed by atoms with E-state index in [-0.39, 0.29) is 11.4 Å². The average Bonchev–Trinajstić information content (AvgIpc) is 3.02. The molecule has 168 valence electrons. The van der Waals surface area contributed by atoms with Gasteiger partial charge >= 0.3 is 0 Å². The molecule has 1 aliphatic heterocycles. The molecule has 1 saturated heterocycles. The summed E-state index contributed by atoms with van der Waals surface area (Å²) in [5, 5.41) is 2.30. The molecule has 3 amide bonds. The maximum Gasteiger partial charge on any atom is 0.294 e. The van der Waals surface area contributed by atoms with E-state index in [4.69, 9.17) is 9.47 Å². The molecule has 0 aromatic heterocycles. The second-order valence-electron chi connectivity index (χ2n) is 7.39. The highest BCUT2D eigenvalue weighted by molar-refractivity contribution is 8.18. The Hall–Kier alpha value is -3.26. The second kappa shape index (κ2) is 10.4. The molecular formula is C24H26N2O5S. The smallest absolute Gasteiger partial charge is 0.294 e. The number of nitrogens with one attached hydrogen (secondary N) is 1. The summed E-state index contributed by atoms with van der Waals surface area (Å²) in [5.41, 5.74) is 3.26. The van der Waals surface area contributed by atoms with Gasteiger partial charge in [-0.25, -0.2) is 0 Å². The molecule has 0 atom stereocenters. The second-order valence-corrected chi connectivity index (χ2v) is 8.39. The normalized spacial score (nSPS) is 14.8. The van der Waals surface area contributed by atoms with E-state index in [1.807, 2.05) is 39.0 Å². The summed E-state index contributed by atoms with van der Waals surface area (Å²) in [4.78, 5) is 38.8. The Bertz CT molecular complexity index is 1080. The third-order valence-corrected chi connectivity index (χ3v) is 5.70. The van der Waals surface area contributed by atoms with Gasteiger partial charge in [0, 0.05) is 5.69 Å². The van der Waals surface area contributed by atoms with Gasteiger partial charge in [-0.3, -0.25) is 19.3 Å². The van der Waals surface area contributed by atoms with Crippen molar-refractivity contribution in [3.63, 3.8) is 0 Å². The molecule has 2 aromatic rings. The molecule has 1 aliphatic rings. The molecule has 0 aliphatic carbocycles. The van der Waals surface area contributed by atoms with Crippen LogP contribution in [0.1, 0.15) is 30.0 Å². The highest BCUT2D eigenvalue weighted by Crippen LogP contribution is 2.34. The summed E-state index contributed by atoms with van der Waals surface area (Å²) in [7, 11) is 1.54. The van der Waals surface area contributed by atoms with Gasteiger partial charge < -0.3 is 14.8 Å². The summed E-state index contributed by atoms with van der Waals surface area (Å²) in [6.07, 6.45) is 2.48. The molecule has 32 heavy (non-hydrogen) atoms. The summed E-state index contributed by atoms with van der Waals surface area (Å²) < 4.78 is 11.0. The van der Waals surface area contributed by atoms with Crippen LogP contribution in [-0.2, 0) is 9.59 Å². The summed E-state index contributed by atoms with van der Waals surface area (Å²) >= 11 is 0.809. The number of aryl methyl sites for hydroxylation is 2. The van der Waals surface area contributed by atoms with Crippen molar-refractivity contribution >= 4 is 40.6 Å². The van der Waals surface area contributed by atoms with Crippen molar-refractivity contribution in [2.75, 3.05) is 25.6 Å². The first-order valence-electron chi connectivity index (χ1n) is 10.3. The minimum Gasteiger partial charge on any atom is -0.493 e. The van der Waals surface area contributed by atoms with Gasteiger partial charge in [0.05, 0.1) is 18.6 Å².